The molecule has 1 heteroatoms. The van der Waals surface area contributed by atoms with Crippen LogP contribution in [0.15, 0.2) is 55.7 Å². The number of hydrogen-bond donors (Lipinski definition) is 0. The molecule has 0 spiro atoms. The molecule has 0 heterocycles. The van der Waals surface area contributed by atoms with Crippen molar-refractivity contribution in [1.82, 2.24) is 0 Å². The Morgan fingerprint density at radius 3 is 1.22 bits per heavy atom. The third-order valence-corrected chi connectivity index (χ3v) is 0.757. The number of hydrogen-bond acceptors (Lipinski definition) is 1. The zero-order valence-electron chi connectivity index (χ0n) is 13.8. The van der Waals surface area contributed by atoms with E-state index in [1.165, 1.54) is 12.6 Å². The fraction of sp³-hybridized carbons (Fsp3) is 0.471. The average molecular weight is 253 g/mol. The first-order chi connectivity index (χ1) is 8.64. The number of nitrogens with zero attached hydrogens (tertiary/aromatic N) is 1. The van der Waals surface area contributed by atoms with Crippen LogP contribution in [0.1, 0.15) is 54.9 Å². The summed E-state index contributed by atoms with van der Waals surface area (Å²) in [6.45, 7) is 27.8. The molecule has 108 valence electrons. The predicted octanol–water partition coefficient (Wildman–Crippen LogP) is 6.60. The number of aliphatic imine (C=N–C) groups is 1. The summed E-state index contributed by atoms with van der Waals surface area (Å²) in [6.07, 6.45) is 7.71. The minimum atomic E-state index is 0.898. The second-order valence-electron chi connectivity index (χ2n) is 2.34. The third-order valence-electron chi connectivity index (χ3n) is 0.757. The van der Waals surface area contributed by atoms with Gasteiger partial charge in [0.1, 0.15) is 0 Å². The Morgan fingerprint density at radius 1 is 0.889 bits per heavy atom. The Hall–Kier alpha value is -1.37. The van der Waals surface area contributed by atoms with Crippen molar-refractivity contribution in [1.29, 1.82) is 0 Å². The Balaban J connectivity index is -0.0000000441. The number of rotatable bonds is 3. The van der Waals surface area contributed by atoms with Gasteiger partial charge in [-0.3, -0.25) is 4.99 Å². The van der Waals surface area contributed by atoms with Crippen LogP contribution in [-0.2, 0) is 0 Å². The molecule has 0 amide bonds. The highest BCUT2D eigenvalue weighted by molar-refractivity contribution is 5.92. The molecule has 0 aliphatic heterocycles. The molecule has 0 unspecified atom stereocenters. The summed E-state index contributed by atoms with van der Waals surface area (Å²) in [5.74, 6) is 0. The lowest BCUT2D eigenvalue weighted by atomic mass is 10.4. The maximum absolute atomic E-state index is 3.81. The largest absolute Gasteiger partial charge is 0.262 e. The topological polar surface area (TPSA) is 12.4 Å². The number of allylic oxidation sites excluding steroid dienone is 3. The van der Waals surface area contributed by atoms with Gasteiger partial charge in [-0.15, -0.1) is 0 Å². The van der Waals surface area contributed by atoms with Crippen molar-refractivity contribution >= 4 is 5.71 Å². The highest BCUT2D eigenvalue weighted by Gasteiger charge is 1.70. The van der Waals surface area contributed by atoms with Crippen LogP contribution in [0.3, 0.4) is 0 Å². The van der Waals surface area contributed by atoms with Crippen molar-refractivity contribution in [2.24, 2.45) is 4.99 Å². The smallest absolute Gasteiger partial charge is 0.0366 e. The van der Waals surface area contributed by atoms with Crippen molar-refractivity contribution in [3.8, 4) is 0 Å². The molecule has 0 aromatic heterocycles. The van der Waals surface area contributed by atoms with E-state index in [9.17, 15) is 0 Å². The molecule has 0 N–H and O–H groups in total. The quantitative estimate of drug-likeness (QED) is 0.396. The van der Waals surface area contributed by atoms with Crippen molar-refractivity contribution in [2.75, 3.05) is 0 Å². The van der Waals surface area contributed by atoms with E-state index in [2.05, 4.69) is 45.2 Å². The van der Waals surface area contributed by atoms with E-state index in [1.807, 2.05) is 34.6 Å². The van der Waals surface area contributed by atoms with Gasteiger partial charge in [0.25, 0.3) is 0 Å². The molecule has 0 radical (unpaired) electrons. The van der Waals surface area contributed by atoms with Crippen molar-refractivity contribution < 1.29 is 0 Å². The van der Waals surface area contributed by atoms with E-state index in [0.717, 1.165) is 5.71 Å². The fourth-order valence-electron chi connectivity index (χ4n) is 0.197. The molecule has 0 rings (SSSR count). The minimum absolute atomic E-state index is 0.898. The molecular weight excluding hydrogens is 218 g/mol. The summed E-state index contributed by atoms with van der Waals surface area (Å²) in [5, 5.41) is 0. The molecular formula is C17H35N. The Morgan fingerprint density at radius 2 is 1.17 bits per heavy atom. The van der Waals surface area contributed by atoms with Gasteiger partial charge >= 0.3 is 0 Å². The molecule has 0 bridgehead atoms. The SMILES string of the molecule is C=CC=C.C=CN=C(C)C=C.CC.CC.CCC. The van der Waals surface area contributed by atoms with Crippen LogP contribution in [0.5, 0.6) is 0 Å². The van der Waals surface area contributed by atoms with Gasteiger partial charge in [0.05, 0.1) is 0 Å². The first kappa shape index (κ1) is 30.0. The minimum Gasteiger partial charge on any atom is -0.262 e. The summed E-state index contributed by atoms with van der Waals surface area (Å²) in [4.78, 5) is 3.81. The van der Waals surface area contributed by atoms with Crippen LogP contribution in [0.4, 0.5) is 0 Å². The van der Waals surface area contributed by atoms with Gasteiger partial charge in [-0.1, -0.05) is 86.4 Å². The van der Waals surface area contributed by atoms with E-state index in [1.54, 1.807) is 18.2 Å². The first-order valence-electron chi connectivity index (χ1n) is 6.65. The highest BCUT2D eigenvalue weighted by atomic mass is 14.7. The maximum atomic E-state index is 3.81. The molecule has 0 saturated carbocycles. The molecule has 0 aromatic rings. The van der Waals surface area contributed by atoms with Gasteiger partial charge in [0.2, 0.25) is 0 Å². The third kappa shape index (κ3) is 127. The molecule has 0 atom stereocenters. The van der Waals surface area contributed by atoms with Gasteiger partial charge in [-0.05, 0) is 13.0 Å². The van der Waals surface area contributed by atoms with Crippen LogP contribution in [0.2, 0.25) is 0 Å². The molecule has 18 heavy (non-hydrogen) atoms. The molecule has 0 aliphatic rings. The molecule has 0 aromatic carbocycles. The van der Waals surface area contributed by atoms with Gasteiger partial charge in [0, 0.05) is 11.9 Å². The van der Waals surface area contributed by atoms with Crippen LogP contribution in [0.25, 0.3) is 0 Å². The predicted molar refractivity (Wildman–Crippen MR) is 92.6 cm³/mol. The van der Waals surface area contributed by atoms with Crippen molar-refractivity contribution in [3.05, 3.63) is 50.7 Å². The highest BCUT2D eigenvalue weighted by Crippen LogP contribution is 1.76. The van der Waals surface area contributed by atoms with Crippen molar-refractivity contribution in [2.45, 2.75) is 54.9 Å². The summed E-state index contributed by atoms with van der Waals surface area (Å²) < 4.78 is 0. The van der Waals surface area contributed by atoms with Crippen LogP contribution >= 0.6 is 0 Å². The first-order valence-corrected chi connectivity index (χ1v) is 6.65. The second-order valence-corrected chi connectivity index (χ2v) is 2.34. The Bertz CT molecular complexity index is 170. The van der Waals surface area contributed by atoms with E-state index >= 15 is 0 Å². The lowest BCUT2D eigenvalue weighted by molar-refractivity contribution is 1.09. The summed E-state index contributed by atoms with van der Waals surface area (Å²) >= 11 is 0. The molecule has 0 saturated heterocycles. The van der Waals surface area contributed by atoms with E-state index in [-0.39, 0.29) is 0 Å². The normalized spacial score (nSPS) is 6.94. The summed E-state index contributed by atoms with van der Waals surface area (Å²) in [5.41, 5.74) is 0.898. The zero-order valence-corrected chi connectivity index (χ0v) is 13.8. The van der Waals surface area contributed by atoms with Crippen LogP contribution < -0.4 is 0 Å². The lowest BCUT2D eigenvalue weighted by Crippen LogP contribution is -1.77. The lowest BCUT2D eigenvalue weighted by Gasteiger charge is -1.79. The summed E-state index contributed by atoms with van der Waals surface area (Å²) in [7, 11) is 0. The monoisotopic (exact) mass is 253 g/mol. The molecule has 0 aliphatic carbocycles. The Labute approximate surface area is 117 Å². The zero-order chi connectivity index (χ0) is 15.8. The van der Waals surface area contributed by atoms with Crippen molar-refractivity contribution in [3.63, 3.8) is 0 Å². The second kappa shape index (κ2) is 57.5. The maximum Gasteiger partial charge on any atom is 0.0366 e. The van der Waals surface area contributed by atoms with Crippen LogP contribution in [-0.4, -0.2) is 5.71 Å². The standard InChI is InChI=1S/C6H9N.C4H6.C3H8.2C2H6/c1-4-6(3)7-5-2;1-3-4-2;1-3-2;2*1-2/h4-5H,1-2H2,3H3;3-4H,1-2H2;3H2,1-2H3;2*1-2H3. The van der Waals surface area contributed by atoms with E-state index in [4.69, 9.17) is 0 Å². The van der Waals surface area contributed by atoms with Gasteiger partial charge in [-0.2, -0.15) is 0 Å². The average Bonchev–Trinajstić information content (AvgIpc) is 2.44. The van der Waals surface area contributed by atoms with Gasteiger partial charge in [0.15, 0.2) is 0 Å². The van der Waals surface area contributed by atoms with Crippen LogP contribution in [0, 0.1) is 0 Å². The summed E-state index contributed by atoms with van der Waals surface area (Å²) in [6, 6.07) is 0. The Kier molecular flexibility index (Phi) is 95.9. The fourth-order valence-corrected chi connectivity index (χ4v) is 0.197. The van der Waals surface area contributed by atoms with Gasteiger partial charge < -0.3 is 0 Å². The van der Waals surface area contributed by atoms with E-state index in [0.29, 0.717) is 0 Å². The molecule has 1 nitrogen and oxygen atoms in total. The molecule has 0 fully saturated rings. The van der Waals surface area contributed by atoms with E-state index < -0.39 is 0 Å². The van der Waals surface area contributed by atoms with Gasteiger partial charge in [-0.25, -0.2) is 0 Å².